The minimum absolute atomic E-state index is 0.231. The van der Waals surface area contributed by atoms with Crippen molar-refractivity contribution in [1.82, 2.24) is 5.48 Å². The van der Waals surface area contributed by atoms with E-state index in [1.807, 2.05) is 13.8 Å². The van der Waals surface area contributed by atoms with Crippen LogP contribution in [0.1, 0.15) is 19.4 Å². The number of alkyl halides is 3. The van der Waals surface area contributed by atoms with Crippen molar-refractivity contribution in [3.05, 3.63) is 29.8 Å². The van der Waals surface area contributed by atoms with Crippen LogP contribution in [-0.4, -0.2) is 13.0 Å². The Bertz CT molecular complexity index is 367. The highest BCUT2D eigenvalue weighted by Gasteiger charge is 2.31. The summed E-state index contributed by atoms with van der Waals surface area (Å²) < 4.78 is 39.8. The summed E-state index contributed by atoms with van der Waals surface area (Å²) in [5.74, 6) is 0.156. The third kappa shape index (κ3) is 6.46. The van der Waals surface area contributed by atoms with Gasteiger partial charge in [0.15, 0.2) is 0 Å². The predicted octanol–water partition coefficient (Wildman–Crippen LogP) is 3.26. The summed E-state index contributed by atoms with van der Waals surface area (Å²) in [6.45, 7) is 4.86. The summed E-state index contributed by atoms with van der Waals surface area (Å²) in [4.78, 5) is 5.13. The van der Waals surface area contributed by atoms with Crippen LogP contribution in [0.5, 0.6) is 5.75 Å². The molecule has 1 N–H and O–H groups in total. The number of ether oxygens (including phenoxy) is 1. The fourth-order valence-corrected chi connectivity index (χ4v) is 1.21. The van der Waals surface area contributed by atoms with E-state index < -0.39 is 6.36 Å². The van der Waals surface area contributed by atoms with Crippen LogP contribution in [0.25, 0.3) is 0 Å². The van der Waals surface area contributed by atoms with Gasteiger partial charge in [0.05, 0.1) is 6.61 Å². The first-order valence-electron chi connectivity index (χ1n) is 5.56. The van der Waals surface area contributed by atoms with E-state index in [0.717, 1.165) is 0 Å². The summed E-state index contributed by atoms with van der Waals surface area (Å²) in [6.07, 6.45) is -4.67. The predicted molar refractivity (Wildman–Crippen MR) is 60.8 cm³/mol. The molecule has 6 heteroatoms. The lowest BCUT2D eigenvalue weighted by atomic mass is 10.2. The fourth-order valence-electron chi connectivity index (χ4n) is 1.21. The molecule has 1 aromatic rings. The van der Waals surface area contributed by atoms with E-state index in [-0.39, 0.29) is 5.75 Å². The van der Waals surface area contributed by atoms with Gasteiger partial charge in [-0.2, -0.15) is 5.48 Å². The maximum absolute atomic E-state index is 12.0. The van der Waals surface area contributed by atoms with Gasteiger partial charge in [-0.05, 0) is 23.6 Å². The molecule has 102 valence electrons. The molecule has 0 saturated carbocycles. The van der Waals surface area contributed by atoms with E-state index in [1.165, 1.54) is 18.2 Å². The molecule has 3 nitrogen and oxygen atoms in total. The second kappa shape index (κ2) is 6.61. The number of nitrogens with one attached hydrogen (secondary N) is 1. The lowest BCUT2D eigenvalue weighted by molar-refractivity contribution is -0.274. The van der Waals surface area contributed by atoms with Gasteiger partial charge in [0.25, 0.3) is 0 Å². The molecular weight excluding hydrogens is 247 g/mol. The van der Waals surface area contributed by atoms with Crippen molar-refractivity contribution < 1.29 is 22.7 Å². The summed E-state index contributed by atoms with van der Waals surface area (Å²) in [5, 5.41) is 0. The molecule has 1 aromatic carbocycles. The Morgan fingerprint density at radius 2 is 2.00 bits per heavy atom. The molecule has 0 bridgehead atoms. The van der Waals surface area contributed by atoms with E-state index in [9.17, 15) is 13.2 Å². The Balaban J connectivity index is 2.44. The number of rotatable bonds is 6. The van der Waals surface area contributed by atoms with Crippen LogP contribution >= 0.6 is 0 Å². The highest BCUT2D eigenvalue weighted by atomic mass is 19.4. The number of hydrogen-bond acceptors (Lipinski definition) is 3. The third-order valence-electron chi connectivity index (χ3n) is 1.93. The van der Waals surface area contributed by atoms with E-state index in [4.69, 9.17) is 4.84 Å². The summed E-state index contributed by atoms with van der Waals surface area (Å²) in [5.41, 5.74) is 3.34. The molecule has 0 aliphatic heterocycles. The molecule has 0 heterocycles. The minimum Gasteiger partial charge on any atom is -0.406 e. The second-order valence-corrected chi connectivity index (χ2v) is 4.22. The fraction of sp³-hybridized carbons (Fsp3) is 0.500. The Morgan fingerprint density at radius 3 is 2.61 bits per heavy atom. The van der Waals surface area contributed by atoms with E-state index in [1.54, 1.807) is 6.07 Å². The highest BCUT2D eigenvalue weighted by molar-refractivity contribution is 5.28. The summed E-state index contributed by atoms with van der Waals surface area (Å²) in [6, 6.07) is 5.76. The number of hydroxylamine groups is 1. The molecule has 0 spiro atoms. The number of benzene rings is 1. The normalized spacial score (nSPS) is 11.9. The quantitative estimate of drug-likeness (QED) is 0.631. The second-order valence-electron chi connectivity index (χ2n) is 4.22. The van der Waals surface area contributed by atoms with E-state index >= 15 is 0 Å². The average Bonchev–Trinajstić information content (AvgIpc) is 2.22. The number of halogens is 3. The third-order valence-corrected chi connectivity index (χ3v) is 1.93. The van der Waals surface area contributed by atoms with Gasteiger partial charge in [-0.1, -0.05) is 26.0 Å². The largest absolute Gasteiger partial charge is 0.573 e. The van der Waals surface area contributed by atoms with Gasteiger partial charge in [-0.25, -0.2) is 0 Å². The molecule has 0 aliphatic carbocycles. The molecule has 0 aromatic heterocycles. The topological polar surface area (TPSA) is 30.5 Å². The first-order valence-corrected chi connectivity index (χ1v) is 5.56. The zero-order valence-electron chi connectivity index (χ0n) is 10.3. The SMILES string of the molecule is CC(C)CONCc1cccc(OC(F)(F)F)c1. The van der Waals surface area contributed by atoms with Crippen LogP contribution < -0.4 is 10.2 Å². The molecule has 0 atom stereocenters. The van der Waals surface area contributed by atoms with Crippen LogP contribution in [0.2, 0.25) is 0 Å². The Hall–Kier alpha value is -1.27. The van der Waals surface area contributed by atoms with Gasteiger partial charge in [0.2, 0.25) is 0 Å². The van der Waals surface area contributed by atoms with Gasteiger partial charge in [-0.15, -0.1) is 13.2 Å². The van der Waals surface area contributed by atoms with Crippen LogP contribution in [0, 0.1) is 5.92 Å². The Kier molecular flexibility index (Phi) is 5.43. The molecule has 0 fully saturated rings. The molecular formula is C12H16F3NO2. The summed E-state index contributed by atoms with van der Waals surface area (Å²) in [7, 11) is 0. The molecule has 18 heavy (non-hydrogen) atoms. The van der Waals surface area contributed by atoms with Crippen molar-refractivity contribution >= 4 is 0 Å². The lowest BCUT2D eigenvalue weighted by Gasteiger charge is -2.11. The molecule has 0 aliphatic rings. The van der Waals surface area contributed by atoms with Gasteiger partial charge in [0.1, 0.15) is 5.75 Å². The maximum Gasteiger partial charge on any atom is 0.573 e. The molecule has 1 rings (SSSR count). The van der Waals surface area contributed by atoms with Crippen LogP contribution in [-0.2, 0) is 11.4 Å². The van der Waals surface area contributed by atoms with Crippen molar-refractivity contribution in [2.75, 3.05) is 6.61 Å². The maximum atomic E-state index is 12.0. The smallest absolute Gasteiger partial charge is 0.406 e. The summed E-state index contributed by atoms with van der Waals surface area (Å²) >= 11 is 0. The zero-order valence-corrected chi connectivity index (χ0v) is 10.3. The van der Waals surface area contributed by atoms with Crippen LogP contribution in [0.4, 0.5) is 13.2 Å². The van der Waals surface area contributed by atoms with Crippen molar-refractivity contribution in [1.29, 1.82) is 0 Å². The standard InChI is InChI=1S/C12H16F3NO2/c1-9(2)8-17-16-7-10-4-3-5-11(6-10)18-12(13,14)15/h3-6,9,16H,7-8H2,1-2H3. The van der Waals surface area contributed by atoms with Crippen molar-refractivity contribution in [2.45, 2.75) is 26.8 Å². The van der Waals surface area contributed by atoms with Crippen molar-refractivity contribution in [2.24, 2.45) is 5.92 Å². The van der Waals surface area contributed by atoms with E-state index in [0.29, 0.717) is 24.6 Å². The monoisotopic (exact) mass is 263 g/mol. The first kappa shape index (κ1) is 14.8. The first-order chi connectivity index (χ1) is 8.37. The lowest BCUT2D eigenvalue weighted by Crippen LogP contribution is -2.18. The average molecular weight is 263 g/mol. The van der Waals surface area contributed by atoms with Gasteiger partial charge < -0.3 is 9.57 Å². The minimum atomic E-state index is -4.67. The highest BCUT2D eigenvalue weighted by Crippen LogP contribution is 2.23. The van der Waals surface area contributed by atoms with Gasteiger partial charge >= 0.3 is 6.36 Å². The number of hydrogen-bond donors (Lipinski definition) is 1. The molecule has 0 amide bonds. The van der Waals surface area contributed by atoms with Crippen LogP contribution in [0.3, 0.4) is 0 Å². The van der Waals surface area contributed by atoms with E-state index in [2.05, 4.69) is 10.2 Å². The Morgan fingerprint density at radius 1 is 1.28 bits per heavy atom. The molecule has 0 saturated heterocycles. The molecule has 0 radical (unpaired) electrons. The van der Waals surface area contributed by atoms with Gasteiger partial charge in [-0.3, -0.25) is 0 Å². The van der Waals surface area contributed by atoms with Crippen molar-refractivity contribution in [3.8, 4) is 5.75 Å². The Labute approximate surface area is 104 Å². The van der Waals surface area contributed by atoms with Crippen molar-refractivity contribution in [3.63, 3.8) is 0 Å². The molecule has 0 unspecified atom stereocenters. The zero-order chi connectivity index (χ0) is 13.6. The van der Waals surface area contributed by atoms with Gasteiger partial charge in [0, 0.05) is 6.54 Å². The van der Waals surface area contributed by atoms with Crippen LogP contribution in [0.15, 0.2) is 24.3 Å².